The Hall–Kier alpha value is -1.13. The standard InChI is InChI=1S/C14H11Br2NO/c1-9-8-10(6-7-12(9)15)17-14(18)11-4-2-3-5-13(11)16/h2-8H,1H3,(H,17,18). The van der Waals surface area contributed by atoms with Crippen molar-refractivity contribution in [3.05, 3.63) is 62.5 Å². The average molecular weight is 369 g/mol. The lowest BCUT2D eigenvalue weighted by Gasteiger charge is -2.08. The second kappa shape index (κ2) is 5.67. The van der Waals surface area contributed by atoms with E-state index in [0.717, 1.165) is 20.2 Å². The van der Waals surface area contributed by atoms with Crippen LogP contribution in [-0.4, -0.2) is 5.91 Å². The molecule has 0 fully saturated rings. The number of anilines is 1. The Balaban J connectivity index is 2.22. The summed E-state index contributed by atoms with van der Waals surface area (Å²) in [6.07, 6.45) is 0. The molecule has 0 atom stereocenters. The van der Waals surface area contributed by atoms with Crippen LogP contribution in [0.4, 0.5) is 5.69 Å². The van der Waals surface area contributed by atoms with Crippen LogP contribution in [0.2, 0.25) is 0 Å². The number of rotatable bonds is 2. The van der Waals surface area contributed by atoms with Gasteiger partial charge in [-0.2, -0.15) is 0 Å². The molecule has 0 aliphatic heterocycles. The summed E-state index contributed by atoms with van der Waals surface area (Å²) in [7, 11) is 0. The minimum absolute atomic E-state index is 0.121. The van der Waals surface area contributed by atoms with E-state index in [1.165, 1.54) is 0 Å². The van der Waals surface area contributed by atoms with Gasteiger partial charge in [0.25, 0.3) is 5.91 Å². The second-order valence-electron chi connectivity index (χ2n) is 3.90. The summed E-state index contributed by atoms with van der Waals surface area (Å²) in [6, 6.07) is 13.1. The van der Waals surface area contributed by atoms with Crippen molar-refractivity contribution >= 4 is 43.5 Å². The molecule has 2 aromatic rings. The molecule has 0 bridgehead atoms. The highest BCUT2D eigenvalue weighted by molar-refractivity contribution is 9.10. The fourth-order valence-electron chi connectivity index (χ4n) is 1.57. The van der Waals surface area contributed by atoms with Crippen molar-refractivity contribution in [2.75, 3.05) is 5.32 Å². The summed E-state index contributed by atoms with van der Waals surface area (Å²) in [5, 5.41) is 2.88. The lowest BCUT2D eigenvalue weighted by atomic mass is 10.2. The predicted octanol–water partition coefficient (Wildman–Crippen LogP) is 4.77. The van der Waals surface area contributed by atoms with Crippen LogP contribution in [0.3, 0.4) is 0 Å². The summed E-state index contributed by atoms with van der Waals surface area (Å²) in [6.45, 7) is 1.98. The molecule has 18 heavy (non-hydrogen) atoms. The fraction of sp³-hybridized carbons (Fsp3) is 0.0714. The topological polar surface area (TPSA) is 29.1 Å². The Morgan fingerprint density at radius 3 is 2.44 bits per heavy atom. The first-order chi connectivity index (χ1) is 8.58. The van der Waals surface area contributed by atoms with Crippen molar-refractivity contribution in [1.29, 1.82) is 0 Å². The molecule has 92 valence electrons. The van der Waals surface area contributed by atoms with Gasteiger partial charge in [0.15, 0.2) is 0 Å². The number of nitrogens with one attached hydrogen (secondary N) is 1. The summed E-state index contributed by atoms with van der Waals surface area (Å²) in [5.74, 6) is -0.121. The summed E-state index contributed by atoms with van der Waals surface area (Å²) >= 11 is 6.80. The van der Waals surface area contributed by atoms with Crippen LogP contribution in [-0.2, 0) is 0 Å². The molecule has 0 aliphatic rings. The number of amides is 1. The van der Waals surface area contributed by atoms with Crippen LogP contribution in [0.1, 0.15) is 15.9 Å². The van der Waals surface area contributed by atoms with Gasteiger partial charge < -0.3 is 5.32 Å². The van der Waals surface area contributed by atoms with E-state index in [1.807, 2.05) is 43.3 Å². The molecule has 4 heteroatoms. The van der Waals surface area contributed by atoms with Gasteiger partial charge in [0, 0.05) is 14.6 Å². The van der Waals surface area contributed by atoms with E-state index < -0.39 is 0 Å². The molecule has 1 amide bonds. The SMILES string of the molecule is Cc1cc(NC(=O)c2ccccc2Br)ccc1Br. The van der Waals surface area contributed by atoms with Crippen LogP contribution in [0.25, 0.3) is 0 Å². The normalized spacial score (nSPS) is 10.2. The number of aryl methyl sites for hydroxylation is 1. The lowest BCUT2D eigenvalue weighted by Crippen LogP contribution is -2.12. The van der Waals surface area contributed by atoms with Gasteiger partial charge in [0.05, 0.1) is 5.56 Å². The van der Waals surface area contributed by atoms with E-state index in [1.54, 1.807) is 6.07 Å². The monoisotopic (exact) mass is 367 g/mol. The van der Waals surface area contributed by atoms with Crippen molar-refractivity contribution in [3.63, 3.8) is 0 Å². The largest absolute Gasteiger partial charge is 0.322 e. The molecule has 0 aliphatic carbocycles. The first kappa shape index (κ1) is 13.3. The van der Waals surface area contributed by atoms with Gasteiger partial charge in [-0.1, -0.05) is 28.1 Å². The maximum Gasteiger partial charge on any atom is 0.256 e. The molecule has 0 saturated carbocycles. The average Bonchev–Trinajstić information content (AvgIpc) is 2.34. The molecular weight excluding hydrogens is 358 g/mol. The van der Waals surface area contributed by atoms with Crippen molar-refractivity contribution in [3.8, 4) is 0 Å². The van der Waals surface area contributed by atoms with E-state index in [2.05, 4.69) is 37.2 Å². The number of halogens is 2. The molecule has 0 spiro atoms. The number of hydrogen-bond acceptors (Lipinski definition) is 1. The summed E-state index contributed by atoms with van der Waals surface area (Å²) < 4.78 is 1.82. The van der Waals surface area contributed by atoms with Crippen molar-refractivity contribution in [1.82, 2.24) is 0 Å². The van der Waals surface area contributed by atoms with Crippen LogP contribution in [0.5, 0.6) is 0 Å². The van der Waals surface area contributed by atoms with Gasteiger partial charge in [-0.05, 0) is 58.7 Å². The van der Waals surface area contributed by atoms with E-state index >= 15 is 0 Å². The van der Waals surface area contributed by atoms with E-state index in [4.69, 9.17) is 0 Å². The maximum atomic E-state index is 12.1. The van der Waals surface area contributed by atoms with Gasteiger partial charge in [-0.25, -0.2) is 0 Å². The summed E-state index contributed by atoms with van der Waals surface area (Å²) in [4.78, 5) is 12.1. The quantitative estimate of drug-likeness (QED) is 0.812. The van der Waals surface area contributed by atoms with Crippen molar-refractivity contribution in [2.24, 2.45) is 0 Å². The molecule has 0 unspecified atom stereocenters. The minimum Gasteiger partial charge on any atom is -0.322 e. The van der Waals surface area contributed by atoms with Crippen LogP contribution in [0.15, 0.2) is 51.4 Å². The number of hydrogen-bond donors (Lipinski definition) is 1. The fourth-order valence-corrected chi connectivity index (χ4v) is 2.28. The Bertz CT molecular complexity index is 596. The van der Waals surface area contributed by atoms with Crippen molar-refractivity contribution in [2.45, 2.75) is 6.92 Å². The van der Waals surface area contributed by atoms with Gasteiger partial charge in [0.1, 0.15) is 0 Å². The van der Waals surface area contributed by atoms with Gasteiger partial charge in [0.2, 0.25) is 0 Å². The Kier molecular flexibility index (Phi) is 4.19. The van der Waals surface area contributed by atoms with E-state index in [0.29, 0.717) is 5.56 Å². The van der Waals surface area contributed by atoms with Crippen molar-refractivity contribution < 1.29 is 4.79 Å². The number of carbonyl (C=O) groups excluding carboxylic acids is 1. The molecular formula is C14H11Br2NO. The van der Waals surface area contributed by atoms with Crippen LogP contribution in [0, 0.1) is 6.92 Å². The third kappa shape index (κ3) is 3.00. The van der Waals surface area contributed by atoms with Gasteiger partial charge in [-0.3, -0.25) is 4.79 Å². The van der Waals surface area contributed by atoms with Gasteiger partial charge >= 0.3 is 0 Å². The molecule has 0 aromatic heterocycles. The summed E-state index contributed by atoms with van der Waals surface area (Å²) in [5.41, 5.74) is 2.49. The molecule has 2 rings (SSSR count). The smallest absolute Gasteiger partial charge is 0.256 e. The second-order valence-corrected chi connectivity index (χ2v) is 5.61. The highest BCUT2D eigenvalue weighted by atomic mass is 79.9. The highest BCUT2D eigenvalue weighted by Crippen LogP contribution is 2.22. The Labute approximate surface area is 123 Å². The molecule has 2 aromatic carbocycles. The first-order valence-electron chi connectivity index (χ1n) is 5.40. The third-order valence-electron chi connectivity index (χ3n) is 2.53. The Morgan fingerprint density at radius 2 is 1.78 bits per heavy atom. The predicted molar refractivity (Wildman–Crippen MR) is 81.0 cm³/mol. The zero-order chi connectivity index (χ0) is 13.1. The van der Waals surface area contributed by atoms with Crippen LogP contribution < -0.4 is 5.32 Å². The third-order valence-corrected chi connectivity index (χ3v) is 4.12. The highest BCUT2D eigenvalue weighted by Gasteiger charge is 2.09. The minimum atomic E-state index is -0.121. The molecule has 2 nitrogen and oxygen atoms in total. The zero-order valence-electron chi connectivity index (χ0n) is 9.71. The van der Waals surface area contributed by atoms with E-state index in [9.17, 15) is 4.79 Å². The molecule has 0 heterocycles. The zero-order valence-corrected chi connectivity index (χ0v) is 12.9. The number of carbonyl (C=O) groups is 1. The molecule has 0 radical (unpaired) electrons. The lowest BCUT2D eigenvalue weighted by molar-refractivity contribution is 0.102. The van der Waals surface area contributed by atoms with Crippen LogP contribution >= 0.6 is 31.9 Å². The maximum absolute atomic E-state index is 12.1. The molecule has 1 N–H and O–H groups in total. The first-order valence-corrected chi connectivity index (χ1v) is 6.98. The Morgan fingerprint density at radius 1 is 1.06 bits per heavy atom. The van der Waals surface area contributed by atoms with E-state index in [-0.39, 0.29) is 5.91 Å². The van der Waals surface area contributed by atoms with Gasteiger partial charge in [-0.15, -0.1) is 0 Å². The number of benzene rings is 2. The molecule has 0 saturated heterocycles.